The van der Waals surface area contributed by atoms with E-state index in [0.29, 0.717) is 0 Å². The Balaban J connectivity index is 2.17. The summed E-state index contributed by atoms with van der Waals surface area (Å²) in [5, 5.41) is 4.06. The molecule has 0 bridgehead atoms. The molecule has 3 nitrogen and oxygen atoms in total. The van der Waals surface area contributed by atoms with Crippen molar-refractivity contribution in [3.05, 3.63) is 71.0 Å². The Morgan fingerprint density at radius 2 is 1.85 bits per heavy atom. The van der Waals surface area contributed by atoms with Gasteiger partial charge in [0.25, 0.3) is 0 Å². The molecule has 1 aromatic heterocycles. The van der Waals surface area contributed by atoms with Crippen LogP contribution in [0.1, 0.15) is 17.2 Å². The quantitative estimate of drug-likeness (QED) is 0.798. The van der Waals surface area contributed by atoms with Crippen molar-refractivity contribution in [2.45, 2.75) is 6.04 Å². The van der Waals surface area contributed by atoms with Crippen molar-refractivity contribution in [3.8, 4) is 0 Å². The Morgan fingerprint density at radius 1 is 1.05 bits per heavy atom. The van der Waals surface area contributed by atoms with E-state index < -0.39 is 0 Å². The van der Waals surface area contributed by atoms with Gasteiger partial charge in [-0.1, -0.05) is 35.9 Å². The zero-order chi connectivity index (χ0) is 13.9. The van der Waals surface area contributed by atoms with Gasteiger partial charge in [0.1, 0.15) is 0 Å². The van der Waals surface area contributed by atoms with E-state index in [2.05, 4.69) is 27.4 Å². The number of fused-ring (bicyclic) bond motifs is 1. The molecule has 1 unspecified atom stereocenters. The first-order valence-corrected chi connectivity index (χ1v) is 6.80. The number of hydrogen-bond acceptors (Lipinski definition) is 3. The molecule has 100 valence electrons. The highest BCUT2D eigenvalue weighted by Crippen LogP contribution is 2.28. The van der Waals surface area contributed by atoms with Crippen molar-refractivity contribution in [3.63, 3.8) is 0 Å². The smallest absolute Gasteiger partial charge is 0.0937 e. The zero-order valence-electron chi connectivity index (χ0n) is 11.0. The summed E-state index contributed by atoms with van der Waals surface area (Å²) in [5.74, 6) is 0. The fourth-order valence-electron chi connectivity index (χ4n) is 2.44. The third-order valence-corrected chi connectivity index (χ3v) is 3.55. The minimum atomic E-state index is 0.0362. The number of nitrogens with zero attached hydrogens (tertiary/aromatic N) is 2. The lowest BCUT2D eigenvalue weighted by molar-refractivity contribution is 0.695. The third-order valence-electron chi connectivity index (χ3n) is 3.31. The molecule has 3 aromatic rings. The number of rotatable bonds is 3. The zero-order valence-corrected chi connectivity index (χ0v) is 11.8. The summed E-state index contributed by atoms with van der Waals surface area (Å²) >= 11 is 6.10. The molecule has 2 aromatic carbocycles. The van der Waals surface area contributed by atoms with Crippen LogP contribution in [0.25, 0.3) is 11.0 Å². The van der Waals surface area contributed by atoms with E-state index in [1.807, 2.05) is 37.4 Å². The maximum Gasteiger partial charge on any atom is 0.0937 e. The summed E-state index contributed by atoms with van der Waals surface area (Å²) in [6.07, 6.45) is 3.43. The minimum absolute atomic E-state index is 0.0362. The van der Waals surface area contributed by atoms with Crippen LogP contribution in [0.4, 0.5) is 0 Å². The molecule has 0 radical (unpaired) electrons. The van der Waals surface area contributed by atoms with E-state index in [0.717, 1.165) is 27.2 Å². The van der Waals surface area contributed by atoms with Crippen LogP contribution in [-0.2, 0) is 0 Å². The lowest BCUT2D eigenvalue weighted by Crippen LogP contribution is -2.18. The monoisotopic (exact) mass is 283 g/mol. The molecule has 0 aliphatic rings. The summed E-state index contributed by atoms with van der Waals surface area (Å²) in [6, 6.07) is 13.9. The van der Waals surface area contributed by atoms with Gasteiger partial charge in [0.05, 0.1) is 17.1 Å². The van der Waals surface area contributed by atoms with Crippen LogP contribution < -0.4 is 5.32 Å². The van der Waals surface area contributed by atoms with Crippen LogP contribution in [0.2, 0.25) is 5.02 Å². The average Bonchev–Trinajstić information content (AvgIpc) is 2.48. The molecule has 3 rings (SSSR count). The maximum absolute atomic E-state index is 6.10. The molecule has 0 amide bonds. The molecule has 1 heterocycles. The van der Waals surface area contributed by atoms with Crippen LogP contribution in [-0.4, -0.2) is 17.0 Å². The van der Waals surface area contributed by atoms with E-state index in [1.165, 1.54) is 0 Å². The van der Waals surface area contributed by atoms with Crippen LogP contribution in [0.5, 0.6) is 0 Å². The van der Waals surface area contributed by atoms with Crippen LogP contribution in [0.15, 0.2) is 54.9 Å². The molecule has 0 aliphatic heterocycles. The SMILES string of the molecule is CNC(c1cccc(Cl)c1)c1cccc2nccnc12. The van der Waals surface area contributed by atoms with Crippen LogP contribution >= 0.6 is 11.6 Å². The number of halogens is 1. The topological polar surface area (TPSA) is 37.8 Å². The maximum atomic E-state index is 6.10. The minimum Gasteiger partial charge on any atom is -0.309 e. The molecule has 0 saturated carbocycles. The van der Waals surface area contributed by atoms with E-state index in [1.54, 1.807) is 12.4 Å². The summed E-state index contributed by atoms with van der Waals surface area (Å²) in [6.45, 7) is 0. The molecular formula is C16H14ClN3. The van der Waals surface area contributed by atoms with Crippen molar-refractivity contribution in [2.75, 3.05) is 7.05 Å². The predicted octanol–water partition coefficient (Wildman–Crippen LogP) is 3.59. The first-order valence-electron chi connectivity index (χ1n) is 6.42. The Kier molecular flexibility index (Phi) is 3.63. The molecule has 0 saturated heterocycles. The third kappa shape index (κ3) is 2.38. The molecule has 0 aliphatic carbocycles. The standard InChI is InChI=1S/C16H14ClN3/c1-18-15(11-4-2-5-12(17)10-11)13-6-3-7-14-16(13)20-9-8-19-14/h2-10,15,18H,1H3. The second-order valence-electron chi connectivity index (χ2n) is 4.55. The summed E-state index contributed by atoms with van der Waals surface area (Å²) in [4.78, 5) is 8.82. The van der Waals surface area contributed by atoms with Crippen molar-refractivity contribution in [2.24, 2.45) is 0 Å². The van der Waals surface area contributed by atoms with E-state index in [9.17, 15) is 0 Å². The molecule has 1 atom stereocenters. The lowest BCUT2D eigenvalue weighted by Gasteiger charge is -2.18. The van der Waals surface area contributed by atoms with E-state index >= 15 is 0 Å². The van der Waals surface area contributed by atoms with Gasteiger partial charge in [-0.2, -0.15) is 0 Å². The van der Waals surface area contributed by atoms with Gasteiger partial charge in [0.2, 0.25) is 0 Å². The summed E-state index contributed by atoms with van der Waals surface area (Å²) < 4.78 is 0. The predicted molar refractivity (Wildman–Crippen MR) is 81.9 cm³/mol. The lowest BCUT2D eigenvalue weighted by atomic mass is 9.97. The average molecular weight is 284 g/mol. The number of hydrogen-bond donors (Lipinski definition) is 1. The normalized spacial score (nSPS) is 12.5. The van der Waals surface area contributed by atoms with Gasteiger partial charge in [-0.05, 0) is 30.8 Å². The van der Waals surface area contributed by atoms with Gasteiger partial charge in [-0.25, -0.2) is 0 Å². The van der Waals surface area contributed by atoms with Gasteiger partial charge in [-0.15, -0.1) is 0 Å². The fourth-order valence-corrected chi connectivity index (χ4v) is 2.63. The van der Waals surface area contributed by atoms with Crippen molar-refractivity contribution in [1.29, 1.82) is 0 Å². The molecule has 4 heteroatoms. The van der Waals surface area contributed by atoms with Crippen molar-refractivity contribution in [1.82, 2.24) is 15.3 Å². The van der Waals surface area contributed by atoms with Crippen molar-refractivity contribution >= 4 is 22.6 Å². The Hall–Kier alpha value is -1.97. The molecule has 1 N–H and O–H groups in total. The van der Waals surface area contributed by atoms with E-state index in [-0.39, 0.29) is 6.04 Å². The van der Waals surface area contributed by atoms with Gasteiger partial charge in [-0.3, -0.25) is 9.97 Å². The summed E-state index contributed by atoms with van der Waals surface area (Å²) in [7, 11) is 1.93. The molecule has 0 fully saturated rings. The number of benzene rings is 2. The molecule has 20 heavy (non-hydrogen) atoms. The van der Waals surface area contributed by atoms with Gasteiger partial charge in [0, 0.05) is 23.0 Å². The number of para-hydroxylation sites is 1. The molecular weight excluding hydrogens is 270 g/mol. The second-order valence-corrected chi connectivity index (χ2v) is 4.98. The Labute approximate surface area is 122 Å². The van der Waals surface area contributed by atoms with Crippen LogP contribution in [0.3, 0.4) is 0 Å². The first-order chi connectivity index (χ1) is 9.79. The van der Waals surface area contributed by atoms with Gasteiger partial charge < -0.3 is 5.32 Å². The number of aromatic nitrogens is 2. The van der Waals surface area contributed by atoms with Crippen molar-refractivity contribution < 1.29 is 0 Å². The van der Waals surface area contributed by atoms with E-state index in [4.69, 9.17) is 11.6 Å². The Bertz CT molecular complexity index is 737. The second kappa shape index (κ2) is 5.57. The van der Waals surface area contributed by atoms with Gasteiger partial charge >= 0.3 is 0 Å². The highest BCUT2D eigenvalue weighted by Gasteiger charge is 2.15. The Morgan fingerprint density at radius 3 is 2.65 bits per heavy atom. The highest BCUT2D eigenvalue weighted by atomic mass is 35.5. The first kappa shape index (κ1) is 13.0. The van der Waals surface area contributed by atoms with Gasteiger partial charge in [0.15, 0.2) is 0 Å². The molecule has 0 spiro atoms. The summed E-state index contributed by atoms with van der Waals surface area (Å²) in [5.41, 5.74) is 4.01. The van der Waals surface area contributed by atoms with Crippen LogP contribution in [0, 0.1) is 0 Å². The largest absolute Gasteiger partial charge is 0.309 e. The number of nitrogens with one attached hydrogen (secondary N) is 1. The highest BCUT2D eigenvalue weighted by molar-refractivity contribution is 6.30. The fraction of sp³-hybridized carbons (Fsp3) is 0.125.